The van der Waals surface area contributed by atoms with Crippen LogP contribution in [-0.2, 0) is 0 Å². The Balaban J connectivity index is 2.01. The quantitative estimate of drug-likeness (QED) is 0.812. The molecule has 0 spiro atoms. The number of fused-ring (bicyclic) bond motifs is 1. The van der Waals surface area contributed by atoms with Crippen molar-refractivity contribution < 1.29 is 9.52 Å². The maximum absolute atomic E-state index is 9.43. The maximum atomic E-state index is 9.43. The van der Waals surface area contributed by atoms with Gasteiger partial charge in [-0.1, -0.05) is 6.92 Å². The average molecular weight is 220 g/mol. The SMILES string of the molecule is CCC(O)CCNc1nccc2occc12. The van der Waals surface area contributed by atoms with Crippen LogP contribution in [0.2, 0.25) is 0 Å². The second-order valence-electron chi connectivity index (χ2n) is 3.77. The fraction of sp³-hybridized carbons (Fsp3) is 0.417. The van der Waals surface area contributed by atoms with Crippen molar-refractivity contribution in [2.45, 2.75) is 25.9 Å². The van der Waals surface area contributed by atoms with Gasteiger partial charge in [-0.3, -0.25) is 0 Å². The van der Waals surface area contributed by atoms with Crippen LogP contribution in [0.5, 0.6) is 0 Å². The van der Waals surface area contributed by atoms with Gasteiger partial charge in [0.25, 0.3) is 0 Å². The summed E-state index contributed by atoms with van der Waals surface area (Å²) < 4.78 is 5.28. The molecule has 0 radical (unpaired) electrons. The minimum atomic E-state index is -0.240. The summed E-state index contributed by atoms with van der Waals surface area (Å²) in [6, 6.07) is 3.72. The largest absolute Gasteiger partial charge is 0.464 e. The molecule has 4 nitrogen and oxygen atoms in total. The van der Waals surface area contributed by atoms with E-state index < -0.39 is 0 Å². The van der Waals surface area contributed by atoms with Gasteiger partial charge in [0, 0.05) is 12.7 Å². The molecule has 0 bridgehead atoms. The molecule has 86 valence electrons. The predicted octanol–water partition coefficient (Wildman–Crippen LogP) is 2.40. The third-order valence-electron chi connectivity index (χ3n) is 2.62. The highest BCUT2D eigenvalue weighted by Crippen LogP contribution is 2.21. The van der Waals surface area contributed by atoms with Gasteiger partial charge < -0.3 is 14.8 Å². The van der Waals surface area contributed by atoms with Crippen LogP contribution in [0.25, 0.3) is 11.0 Å². The molecule has 0 saturated carbocycles. The zero-order valence-corrected chi connectivity index (χ0v) is 9.31. The van der Waals surface area contributed by atoms with Gasteiger partial charge >= 0.3 is 0 Å². The van der Waals surface area contributed by atoms with Gasteiger partial charge in [0.05, 0.1) is 17.8 Å². The van der Waals surface area contributed by atoms with Gasteiger partial charge in [0.15, 0.2) is 0 Å². The lowest BCUT2D eigenvalue weighted by Gasteiger charge is -2.09. The van der Waals surface area contributed by atoms with E-state index >= 15 is 0 Å². The molecule has 0 fully saturated rings. The second kappa shape index (κ2) is 4.99. The Hall–Kier alpha value is -1.55. The normalized spacial score (nSPS) is 12.9. The minimum Gasteiger partial charge on any atom is -0.464 e. The van der Waals surface area contributed by atoms with E-state index in [1.807, 2.05) is 19.1 Å². The van der Waals surface area contributed by atoms with E-state index in [2.05, 4.69) is 10.3 Å². The summed E-state index contributed by atoms with van der Waals surface area (Å²) in [5.41, 5.74) is 0.827. The lowest BCUT2D eigenvalue weighted by Crippen LogP contribution is -2.12. The molecule has 2 aromatic heterocycles. The molecule has 2 rings (SSSR count). The fourth-order valence-corrected chi connectivity index (χ4v) is 1.60. The molecular weight excluding hydrogens is 204 g/mol. The van der Waals surface area contributed by atoms with Crippen molar-refractivity contribution in [3.63, 3.8) is 0 Å². The molecule has 2 aromatic rings. The first kappa shape index (κ1) is 11.0. The van der Waals surface area contributed by atoms with Crippen molar-refractivity contribution in [2.24, 2.45) is 0 Å². The molecule has 0 amide bonds. The number of pyridine rings is 1. The summed E-state index contributed by atoms with van der Waals surface area (Å²) in [5, 5.41) is 13.6. The Labute approximate surface area is 94.3 Å². The monoisotopic (exact) mass is 220 g/mol. The van der Waals surface area contributed by atoms with Crippen LogP contribution in [-0.4, -0.2) is 22.7 Å². The summed E-state index contributed by atoms with van der Waals surface area (Å²) >= 11 is 0. The van der Waals surface area contributed by atoms with Gasteiger partial charge in [-0.25, -0.2) is 4.98 Å². The number of hydrogen-bond acceptors (Lipinski definition) is 4. The Bertz CT molecular complexity index is 453. The Morgan fingerprint density at radius 3 is 3.19 bits per heavy atom. The third kappa shape index (κ3) is 2.33. The number of aliphatic hydroxyl groups is 1. The number of furan rings is 1. The predicted molar refractivity (Wildman–Crippen MR) is 63.4 cm³/mol. The average Bonchev–Trinajstić information content (AvgIpc) is 2.77. The van der Waals surface area contributed by atoms with Crippen LogP contribution in [0.4, 0.5) is 5.82 Å². The van der Waals surface area contributed by atoms with Crippen LogP contribution in [0, 0.1) is 0 Å². The second-order valence-corrected chi connectivity index (χ2v) is 3.77. The molecular formula is C12H16N2O2. The van der Waals surface area contributed by atoms with Crippen molar-refractivity contribution in [3.05, 3.63) is 24.6 Å². The van der Waals surface area contributed by atoms with Crippen LogP contribution in [0.15, 0.2) is 29.0 Å². The Morgan fingerprint density at radius 1 is 1.50 bits per heavy atom. The first-order chi connectivity index (χ1) is 7.81. The molecule has 1 unspecified atom stereocenters. The van der Waals surface area contributed by atoms with Crippen LogP contribution < -0.4 is 5.32 Å². The van der Waals surface area contributed by atoms with E-state index in [9.17, 15) is 5.11 Å². The molecule has 1 atom stereocenters. The number of rotatable bonds is 5. The van der Waals surface area contributed by atoms with Crippen LogP contribution >= 0.6 is 0 Å². The van der Waals surface area contributed by atoms with Gasteiger partial charge in [-0.05, 0) is 25.0 Å². The highest BCUT2D eigenvalue weighted by Gasteiger charge is 2.05. The third-order valence-corrected chi connectivity index (χ3v) is 2.62. The van der Waals surface area contributed by atoms with E-state index in [1.54, 1.807) is 12.5 Å². The topological polar surface area (TPSA) is 58.3 Å². The van der Waals surface area contributed by atoms with Crippen molar-refractivity contribution in [3.8, 4) is 0 Å². The molecule has 2 N–H and O–H groups in total. The smallest absolute Gasteiger partial charge is 0.139 e. The highest BCUT2D eigenvalue weighted by molar-refractivity contribution is 5.87. The van der Waals surface area contributed by atoms with Gasteiger partial charge in [0.2, 0.25) is 0 Å². The molecule has 0 aliphatic carbocycles. The van der Waals surface area contributed by atoms with E-state index in [0.29, 0.717) is 6.54 Å². The zero-order valence-electron chi connectivity index (χ0n) is 9.31. The van der Waals surface area contributed by atoms with Crippen LogP contribution in [0.1, 0.15) is 19.8 Å². The molecule has 0 aliphatic rings. The van der Waals surface area contributed by atoms with Crippen molar-refractivity contribution >= 4 is 16.8 Å². The van der Waals surface area contributed by atoms with Crippen molar-refractivity contribution in [1.82, 2.24) is 4.98 Å². The Morgan fingerprint density at radius 2 is 2.38 bits per heavy atom. The summed E-state index contributed by atoms with van der Waals surface area (Å²) in [7, 11) is 0. The maximum Gasteiger partial charge on any atom is 0.139 e. The first-order valence-electron chi connectivity index (χ1n) is 5.55. The van der Waals surface area contributed by atoms with Gasteiger partial charge in [0.1, 0.15) is 11.4 Å². The number of hydrogen-bond donors (Lipinski definition) is 2. The zero-order chi connectivity index (χ0) is 11.4. The van der Waals surface area contributed by atoms with Crippen molar-refractivity contribution in [1.29, 1.82) is 0 Å². The summed E-state index contributed by atoms with van der Waals surface area (Å²) in [5.74, 6) is 0.814. The molecule has 16 heavy (non-hydrogen) atoms. The molecule has 0 aliphatic heterocycles. The number of aliphatic hydroxyl groups excluding tert-OH is 1. The first-order valence-corrected chi connectivity index (χ1v) is 5.55. The lowest BCUT2D eigenvalue weighted by molar-refractivity contribution is 0.164. The molecule has 0 saturated heterocycles. The van der Waals surface area contributed by atoms with Crippen LogP contribution in [0.3, 0.4) is 0 Å². The molecule has 4 heteroatoms. The standard InChI is InChI=1S/C12H16N2O2/c1-2-9(15)3-6-13-12-10-5-8-16-11(10)4-7-14-12/h4-5,7-9,15H,2-3,6H2,1H3,(H,13,14). The van der Waals surface area contributed by atoms with Gasteiger partial charge in [-0.15, -0.1) is 0 Å². The van der Waals surface area contributed by atoms with Crippen molar-refractivity contribution in [2.75, 3.05) is 11.9 Å². The molecule has 0 aromatic carbocycles. The van der Waals surface area contributed by atoms with E-state index in [0.717, 1.165) is 29.6 Å². The lowest BCUT2D eigenvalue weighted by atomic mass is 10.2. The summed E-state index contributed by atoms with van der Waals surface area (Å²) in [6.45, 7) is 2.69. The minimum absolute atomic E-state index is 0.240. The Kier molecular flexibility index (Phi) is 3.41. The number of nitrogens with one attached hydrogen (secondary N) is 1. The summed E-state index contributed by atoms with van der Waals surface area (Å²) in [4.78, 5) is 4.25. The summed E-state index contributed by atoms with van der Waals surface area (Å²) in [6.07, 6.45) is 4.64. The van der Waals surface area contributed by atoms with E-state index in [4.69, 9.17) is 4.42 Å². The number of anilines is 1. The van der Waals surface area contributed by atoms with E-state index in [1.165, 1.54) is 0 Å². The van der Waals surface area contributed by atoms with E-state index in [-0.39, 0.29) is 6.10 Å². The number of aromatic nitrogens is 1. The fourth-order valence-electron chi connectivity index (χ4n) is 1.60. The highest BCUT2D eigenvalue weighted by atomic mass is 16.3. The van der Waals surface area contributed by atoms with Gasteiger partial charge in [-0.2, -0.15) is 0 Å². The number of nitrogens with zero attached hydrogens (tertiary/aromatic N) is 1. The molecule has 2 heterocycles.